The first kappa shape index (κ1) is 14.0. The Balaban J connectivity index is 2.24. The van der Waals surface area contributed by atoms with E-state index in [0.29, 0.717) is 5.56 Å². The average molecular weight is 262 g/mol. The number of benzene rings is 2. The Bertz CT molecular complexity index is 611. The van der Waals surface area contributed by atoms with Crippen molar-refractivity contribution in [1.82, 2.24) is 0 Å². The molecule has 0 N–H and O–H groups in total. The third-order valence-electron chi connectivity index (χ3n) is 3.46. The van der Waals surface area contributed by atoms with E-state index in [1.807, 2.05) is 79.7 Å². The van der Waals surface area contributed by atoms with Gasteiger partial charge in [0.05, 0.1) is 0 Å². The van der Waals surface area contributed by atoms with E-state index in [1.165, 1.54) is 0 Å². The smallest absolute Gasteiger partial charge is 0.185 e. The van der Waals surface area contributed by atoms with Gasteiger partial charge in [-0.3, -0.25) is 4.79 Å². The van der Waals surface area contributed by atoms with E-state index in [-0.39, 0.29) is 11.2 Å². The lowest BCUT2D eigenvalue weighted by Gasteiger charge is -2.22. The second-order valence-electron chi connectivity index (χ2n) is 4.92. The summed E-state index contributed by atoms with van der Waals surface area (Å²) >= 11 is 0. The molecule has 1 heteroatoms. The first-order valence-corrected chi connectivity index (χ1v) is 6.63. The zero-order valence-electron chi connectivity index (χ0n) is 11.6. The van der Waals surface area contributed by atoms with Crippen molar-refractivity contribution in [2.75, 3.05) is 0 Å². The number of hydrogen-bond acceptors (Lipinski definition) is 1. The van der Waals surface area contributed by atoms with Crippen molar-refractivity contribution in [1.29, 1.82) is 0 Å². The van der Waals surface area contributed by atoms with Gasteiger partial charge < -0.3 is 0 Å². The molecule has 100 valence electrons. The molecular weight excluding hydrogens is 244 g/mol. The summed E-state index contributed by atoms with van der Waals surface area (Å²) in [7, 11) is 0. The lowest BCUT2D eigenvalue weighted by atomic mass is 9.82. The summed E-state index contributed by atoms with van der Waals surface area (Å²) in [5.74, 6) is 0.00889. The second kappa shape index (κ2) is 6.16. The number of ketones is 1. The van der Waals surface area contributed by atoms with Gasteiger partial charge in [-0.2, -0.15) is 0 Å². The molecule has 0 saturated carbocycles. The summed E-state index contributed by atoms with van der Waals surface area (Å²) in [5, 5.41) is 0. The van der Waals surface area contributed by atoms with Gasteiger partial charge in [-0.25, -0.2) is 0 Å². The highest BCUT2D eigenvalue weighted by Crippen LogP contribution is 2.26. The van der Waals surface area contributed by atoms with Crippen molar-refractivity contribution in [2.24, 2.45) is 0 Å². The van der Waals surface area contributed by atoms with Gasteiger partial charge in [0.1, 0.15) is 0 Å². The maximum absolute atomic E-state index is 12.1. The molecule has 2 aromatic carbocycles. The maximum atomic E-state index is 12.1. The van der Waals surface area contributed by atoms with Crippen molar-refractivity contribution >= 4 is 5.78 Å². The van der Waals surface area contributed by atoms with Crippen LogP contribution in [0.3, 0.4) is 0 Å². The van der Waals surface area contributed by atoms with Gasteiger partial charge in [0.25, 0.3) is 0 Å². The van der Waals surface area contributed by atoms with Crippen LogP contribution in [0.1, 0.15) is 22.8 Å². The topological polar surface area (TPSA) is 17.1 Å². The van der Waals surface area contributed by atoms with Crippen LogP contribution in [-0.2, 0) is 5.41 Å². The van der Waals surface area contributed by atoms with Crippen molar-refractivity contribution in [3.63, 3.8) is 0 Å². The highest BCUT2D eigenvalue weighted by molar-refractivity contribution is 6.04. The van der Waals surface area contributed by atoms with Crippen LogP contribution in [0.4, 0.5) is 0 Å². The summed E-state index contributed by atoms with van der Waals surface area (Å²) in [6, 6.07) is 19.3. The Hall–Kier alpha value is -2.41. The van der Waals surface area contributed by atoms with Crippen LogP contribution in [0, 0.1) is 0 Å². The number of rotatable bonds is 5. The van der Waals surface area contributed by atoms with E-state index < -0.39 is 0 Å². The van der Waals surface area contributed by atoms with Crippen molar-refractivity contribution in [2.45, 2.75) is 12.3 Å². The van der Waals surface area contributed by atoms with Gasteiger partial charge in [0.2, 0.25) is 0 Å². The van der Waals surface area contributed by atoms with Crippen LogP contribution in [0.5, 0.6) is 0 Å². The van der Waals surface area contributed by atoms with Gasteiger partial charge in [0, 0.05) is 11.0 Å². The molecule has 0 saturated heterocycles. The minimum Gasteiger partial charge on any atom is -0.289 e. The molecule has 0 amide bonds. The quantitative estimate of drug-likeness (QED) is 0.438. The maximum Gasteiger partial charge on any atom is 0.185 e. The minimum absolute atomic E-state index is 0.00889. The molecule has 2 aromatic rings. The molecule has 0 heterocycles. The average Bonchev–Trinajstić information content (AvgIpc) is 2.54. The predicted molar refractivity (Wildman–Crippen MR) is 83.9 cm³/mol. The van der Waals surface area contributed by atoms with E-state index in [4.69, 9.17) is 0 Å². The molecule has 0 aliphatic heterocycles. The van der Waals surface area contributed by atoms with Gasteiger partial charge >= 0.3 is 0 Å². The molecule has 0 bridgehead atoms. The molecule has 1 atom stereocenters. The summed E-state index contributed by atoms with van der Waals surface area (Å²) in [6.07, 6.45) is 5.39. The Labute approximate surface area is 120 Å². The molecule has 20 heavy (non-hydrogen) atoms. The Morgan fingerprint density at radius 2 is 1.55 bits per heavy atom. The fraction of sp³-hybridized carbons (Fsp3) is 0.105. The zero-order valence-corrected chi connectivity index (χ0v) is 11.6. The van der Waals surface area contributed by atoms with Crippen LogP contribution < -0.4 is 0 Å². The molecule has 0 aliphatic carbocycles. The highest BCUT2D eigenvalue weighted by Gasteiger charge is 2.19. The number of carbonyl (C=O) groups is 1. The summed E-state index contributed by atoms with van der Waals surface area (Å²) in [5.41, 5.74) is 1.47. The highest BCUT2D eigenvalue weighted by atomic mass is 16.1. The zero-order chi connectivity index (χ0) is 14.4. The molecule has 0 aromatic heterocycles. The third kappa shape index (κ3) is 3.12. The third-order valence-corrected chi connectivity index (χ3v) is 3.46. The minimum atomic E-state index is -0.342. The van der Waals surface area contributed by atoms with Gasteiger partial charge in [-0.1, -0.05) is 72.8 Å². The summed E-state index contributed by atoms with van der Waals surface area (Å²) in [6.45, 7) is 5.94. The molecule has 0 aliphatic rings. The fourth-order valence-corrected chi connectivity index (χ4v) is 2.03. The second-order valence-corrected chi connectivity index (χ2v) is 4.92. The summed E-state index contributed by atoms with van der Waals surface area (Å²) < 4.78 is 0. The SMILES string of the molecule is C=CC(C)(C=CC(=O)c1ccccc1)c1ccccc1. The van der Waals surface area contributed by atoms with E-state index in [1.54, 1.807) is 6.08 Å². The van der Waals surface area contributed by atoms with Crippen LogP contribution in [0.15, 0.2) is 85.5 Å². The van der Waals surface area contributed by atoms with E-state index in [2.05, 4.69) is 6.58 Å². The molecule has 2 rings (SSSR count). The fourth-order valence-electron chi connectivity index (χ4n) is 2.03. The largest absolute Gasteiger partial charge is 0.289 e. The first-order chi connectivity index (χ1) is 9.65. The Morgan fingerprint density at radius 3 is 2.10 bits per heavy atom. The molecule has 1 unspecified atom stereocenters. The predicted octanol–water partition coefficient (Wildman–Crippen LogP) is 4.57. The van der Waals surface area contributed by atoms with Crippen molar-refractivity contribution in [3.05, 3.63) is 96.6 Å². The van der Waals surface area contributed by atoms with Crippen LogP contribution >= 0.6 is 0 Å². The molecule has 0 fully saturated rings. The van der Waals surface area contributed by atoms with Crippen molar-refractivity contribution in [3.8, 4) is 0 Å². The molecule has 0 spiro atoms. The Kier molecular flexibility index (Phi) is 4.31. The number of allylic oxidation sites excluding steroid dienone is 3. The Morgan fingerprint density at radius 1 is 1.00 bits per heavy atom. The van der Waals surface area contributed by atoms with Crippen LogP contribution in [0.25, 0.3) is 0 Å². The molecule has 0 radical (unpaired) electrons. The number of hydrogen-bond donors (Lipinski definition) is 0. The lowest BCUT2D eigenvalue weighted by molar-refractivity contribution is 0.104. The summed E-state index contributed by atoms with van der Waals surface area (Å²) in [4.78, 5) is 12.1. The first-order valence-electron chi connectivity index (χ1n) is 6.63. The van der Waals surface area contributed by atoms with E-state index in [9.17, 15) is 4.79 Å². The number of carbonyl (C=O) groups excluding carboxylic acids is 1. The molecular formula is C19H18O. The normalized spacial score (nSPS) is 13.8. The van der Waals surface area contributed by atoms with Crippen LogP contribution in [-0.4, -0.2) is 5.78 Å². The lowest BCUT2D eigenvalue weighted by Crippen LogP contribution is -2.15. The van der Waals surface area contributed by atoms with Gasteiger partial charge in [-0.05, 0) is 18.6 Å². The van der Waals surface area contributed by atoms with Gasteiger partial charge in [-0.15, -0.1) is 6.58 Å². The van der Waals surface area contributed by atoms with Crippen LogP contribution in [0.2, 0.25) is 0 Å². The standard InChI is InChI=1S/C19H18O/c1-3-19(2,17-12-8-5-9-13-17)15-14-18(20)16-10-6-4-7-11-16/h3-15H,1H2,2H3. The van der Waals surface area contributed by atoms with Gasteiger partial charge in [0.15, 0.2) is 5.78 Å². The molecule has 1 nitrogen and oxygen atoms in total. The monoisotopic (exact) mass is 262 g/mol. The van der Waals surface area contributed by atoms with E-state index in [0.717, 1.165) is 5.56 Å². The van der Waals surface area contributed by atoms with Crippen molar-refractivity contribution < 1.29 is 4.79 Å². The van der Waals surface area contributed by atoms with E-state index >= 15 is 0 Å².